The summed E-state index contributed by atoms with van der Waals surface area (Å²) in [7, 11) is 1.52. The molecule has 1 saturated heterocycles. The van der Waals surface area contributed by atoms with Gasteiger partial charge in [-0.05, 0) is 67.7 Å². The average molecular weight is 494 g/mol. The molecule has 1 unspecified atom stereocenters. The number of esters is 1. The van der Waals surface area contributed by atoms with Crippen molar-refractivity contribution in [3.8, 4) is 11.5 Å². The predicted molar refractivity (Wildman–Crippen MR) is 119 cm³/mol. The van der Waals surface area contributed by atoms with E-state index in [0.717, 1.165) is 37.4 Å². The fourth-order valence-electron chi connectivity index (χ4n) is 3.80. The fraction of sp³-hybridized carbons (Fsp3) is 0.478. The Labute approximate surface area is 190 Å². The average Bonchev–Trinajstić information content (AvgIpc) is 3.35. The molecule has 1 aliphatic heterocycles. The third kappa shape index (κ3) is 5.30. The molecule has 1 aromatic heterocycles. The van der Waals surface area contributed by atoms with Crippen molar-refractivity contribution in [2.75, 3.05) is 26.9 Å². The second-order valence-corrected chi connectivity index (χ2v) is 8.31. The SMILES string of the molecule is CCOc1cc(C(=O)OCC(=O)c2cc(C)n(CC3CCCO3)c2C)cc(Br)c1OC. The van der Waals surface area contributed by atoms with Gasteiger partial charge in [-0.25, -0.2) is 4.79 Å². The molecule has 0 aliphatic carbocycles. The molecule has 1 fully saturated rings. The monoisotopic (exact) mass is 493 g/mol. The normalized spacial score (nSPS) is 15.7. The first-order chi connectivity index (χ1) is 14.8. The van der Waals surface area contributed by atoms with E-state index in [1.807, 2.05) is 26.8 Å². The molecule has 0 bridgehead atoms. The summed E-state index contributed by atoms with van der Waals surface area (Å²) in [6.07, 6.45) is 2.27. The van der Waals surface area contributed by atoms with Crippen LogP contribution >= 0.6 is 15.9 Å². The number of hydrogen-bond acceptors (Lipinski definition) is 6. The van der Waals surface area contributed by atoms with Crippen molar-refractivity contribution in [1.29, 1.82) is 0 Å². The van der Waals surface area contributed by atoms with Crippen molar-refractivity contribution in [3.05, 3.63) is 45.2 Å². The van der Waals surface area contributed by atoms with Crippen LogP contribution in [0.15, 0.2) is 22.7 Å². The van der Waals surface area contributed by atoms with Gasteiger partial charge in [0.15, 0.2) is 18.1 Å². The van der Waals surface area contributed by atoms with Gasteiger partial charge in [0.25, 0.3) is 0 Å². The maximum atomic E-state index is 12.8. The number of carbonyl (C=O) groups is 2. The number of benzene rings is 1. The number of nitrogens with zero attached hydrogens (tertiary/aromatic N) is 1. The van der Waals surface area contributed by atoms with Crippen LogP contribution in [0.2, 0.25) is 0 Å². The molecular formula is C23H28BrNO6. The van der Waals surface area contributed by atoms with Crippen molar-refractivity contribution >= 4 is 27.7 Å². The number of ketones is 1. The molecule has 31 heavy (non-hydrogen) atoms. The van der Waals surface area contributed by atoms with Gasteiger partial charge in [0.1, 0.15) is 0 Å². The number of hydrogen-bond donors (Lipinski definition) is 0. The summed E-state index contributed by atoms with van der Waals surface area (Å²) >= 11 is 3.38. The van der Waals surface area contributed by atoms with Crippen LogP contribution in [0.4, 0.5) is 0 Å². The van der Waals surface area contributed by atoms with E-state index in [0.29, 0.717) is 28.1 Å². The first kappa shape index (κ1) is 23.3. The van der Waals surface area contributed by atoms with Crippen molar-refractivity contribution in [1.82, 2.24) is 4.57 Å². The van der Waals surface area contributed by atoms with Gasteiger partial charge in [-0.1, -0.05) is 0 Å². The molecule has 3 rings (SSSR count). The quantitative estimate of drug-likeness (QED) is 0.378. The van der Waals surface area contributed by atoms with Crippen LogP contribution in [0, 0.1) is 13.8 Å². The molecule has 0 amide bonds. The molecule has 2 aromatic rings. The molecule has 1 aromatic carbocycles. The van der Waals surface area contributed by atoms with E-state index in [1.165, 1.54) is 7.11 Å². The zero-order valence-corrected chi connectivity index (χ0v) is 19.9. The molecule has 2 heterocycles. The van der Waals surface area contributed by atoms with E-state index in [2.05, 4.69) is 20.5 Å². The van der Waals surface area contributed by atoms with E-state index in [1.54, 1.807) is 12.1 Å². The van der Waals surface area contributed by atoms with Crippen molar-refractivity contribution < 1.29 is 28.5 Å². The minimum absolute atomic E-state index is 0.179. The van der Waals surface area contributed by atoms with E-state index in [4.69, 9.17) is 18.9 Å². The largest absolute Gasteiger partial charge is 0.492 e. The molecule has 0 N–H and O–H groups in total. The highest BCUT2D eigenvalue weighted by molar-refractivity contribution is 9.10. The highest BCUT2D eigenvalue weighted by atomic mass is 79.9. The third-order valence-corrected chi connectivity index (χ3v) is 5.96. The maximum Gasteiger partial charge on any atom is 0.338 e. The number of ether oxygens (including phenoxy) is 4. The fourth-order valence-corrected chi connectivity index (χ4v) is 4.40. The summed E-state index contributed by atoms with van der Waals surface area (Å²) in [4.78, 5) is 25.3. The van der Waals surface area contributed by atoms with Crippen LogP contribution in [-0.2, 0) is 16.0 Å². The first-order valence-corrected chi connectivity index (χ1v) is 11.1. The lowest BCUT2D eigenvalue weighted by molar-refractivity contribution is 0.0474. The summed E-state index contributed by atoms with van der Waals surface area (Å²) in [5.41, 5.74) is 2.69. The van der Waals surface area contributed by atoms with Crippen molar-refractivity contribution in [3.63, 3.8) is 0 Å². The summed E-state index contributed by atoms with van der Waals surface area (Å²) in [5.74, 6) is 0.0759. The molecule has 1 aliphatic rings. The zero-order valence-electron chi connectivity index (χ0n) is 18.3. The molecule has 0 radical (unpaired) electrons. The smallest absolute Gasteiger partial charge is 0.338 e. The summed E-state index contributed by atoms with van der Waals surface area (Å²) in [5, 5.41) is 0. The standard InChI is InChI=1S/C23H28BrNO6/c1-5-29-21-11-16(10-19(24)22(21)28-4)23(27)31-13-20(26)18-9-14(2)25(15(18)3)12-17-7-6-8-30-17/h9-11,17H,5-8,12-13H2,1-4H3. The number of Topliss-reactive ketones (excluding diaryl/α,β-unsaturated/α-hetero) is 1. The van der Waals surface area contributed by atoms with Gasteiger partial charge in [-0.15, -0.1) is 0 Å². The topological polar surface area (TPSA) is 76.0 Å². The number of aryl methyl sites for hydroxylation is 1. The minimum Gasteiger partial charge on any atom is -0.492 e. The van der Waals surface area contributed by atoms with Crippen LogP contribution in [0.3, 0.4) is 0 Å². The summed E-state index contributed by atoms with van der Waals surface area (Å²) in [6.45, 7) is 7.31. The summed E-state index contributed by atoms with van der Waals surface area (Å²) in [6, 6.07) is 4.98. The second kappa shape index (κ2) is 10.3. The maximum absolute atomic E-state index is 12.8. The highest BCUT2D eigenvalue weighted by Crippen LogP contribution is 2.36. The van der Waals surface area contributed by atoms with Gasteiger partial charge in [-0.3, -0.25) is 4.79 Å². The highest BCUT2D eigenvalue weighted by Gasteiger charge is 2.22. The van der Waals surface area contributed by atoms with Gasteiger partial charge < -0.3 is 23.5 Å². The van der Waals surface area contributed by atoms with Gasteiger partial charge in [0.05, 0.1) is 29.9 Å². The summed E-state index contributed by atoms with van der Waals surface area (Å²) < 4.78 is 24.5. The van der Waals surface area contributed by atoms with Gasteiger partial charge >= 0.3 is 5.97 Å². The molecule has 7 nitrogen and oxygen atoms in total. The Hall–Kier alpha value is -2.32. The molecule has 1 atom stereocenters. The van der Waals surface area contributed by atoms with Crippen LogP contribution in [0.1, 0.15) is 51.9 Å². The number of halogens is 1. The third-order valence-electron chi connectivity index (χ3n) is 5.37. The molecule has 168 valence electrons. The van der Waals surface area contributed by atoms with Crippen LogP contribution < -0.4 is 9.47 Å². The Morgan fingerprint density at radius 1 is 1.26 bits per heavy atom. The van der Waals surface area contributed by atoms with Gasteiger partial charge in [0.2, 0.25) is 5.78 Å². The number of methoxy groups -OCH3 is 1. The van der Waals surface area contributed by atoms with E-state index >= 15 is 0 Å². The Morgan fingerprint density at radius 2 is 2.03 bits per heavy atom. The Kier molecular flexibility index (Phi) is 7.78. The number of carbonyl (C=O) groups excluding carboxylic acids is 2. The van der Waals surface area contributed by atoms with Crippen molar-refractivity contribution in [2.24, 2.45) is 0 Å². The first-order valence-electron chi connectivity index (χ1n) is 10.3. The minimum atomic E-state index is -0.606. The lowest BCUT2D eigenvalue weighted by atomic mass is 10.1. The molecule has 0 spiro atoms. The zero-order chi connectivity index (χ0) is 22.5. The van der Waals surface area contributed by atoms with Gasteiger partial charge in [0, 0.05) is 30.1 Å². The Bertz CT molecular complexity index is 961. The van der Waals surface area contributed by atoms with Crippen LogP contribution in [-0.4, -0.2) is 49.4 Å². The van der Waals surface area contributed by atoms with E-state index in [9.17, 15) is 9.59 Å². The molecule has 8 heteroatoms. The van der Waals surface area contributed by atoms with Crippen LogP contribution in [0.25, 0.3) is 0 Å². The predicted octanol–water partition coefficient (Wildman–Crippen LogP) is 4.49. The van der Waals surface area contributed by atoms with Gasteiger partial charge in [-0.2, -0.15) is 0 Å². The van der Waals surface area contributed by atoms with E-state index in [-0.39, 0.29) is 24.1 Å². The van der Waals surface area contributed by atoms with Crippen molar-refractivity contribution in [2.45, 2.75) is 46.3 Å². The number of aromatic nitrogens is 1. The number of rotatable bonds is 9. The molecule has 0 saturated carbocycles. The lowest BCUT2D eigenvalue weighted by Crippen LogP contribution is -2.18. The Morgan fingerprint density at radius 3 is 2.68 bits per heavy atom. The Balaban J connectivity index is 1.69. The van der Waals surface area contributed by atoms with E-state index < -0.39 is 5.97 Å². The van der Waals surface area contributed by atoms with Crippen LogP contribution in [0.5, 0.6) is 11.5 Å². The second-order valence-electron chi connectivity index (χ2n) is 7.45. The lowest BCUT2D eigenvalue weighted by Gasteiger charge is -2.15. The molecular weight excluding hydrogens is 466 g/mol.